The zero-order valence-corrected chi connectivity index (χ0v) is 11.7. The van der Waals surface area contributed by atoms with Gasteiger partial charge in [0.15, 0.2) is 11.0 Å². The summed E-state index contributed by atoms with van der Waals surface area (Å²) in [6, 6.07) is 13.0. The molecule has 2 aromatic carbocycles. The molecule has 0 aliphatic carbocycles. The van der Waals surface area contributed by atoms with Gasteiger partial charge in [0.25, 0.3) is 5.91 Å². The first-order chi connectivity index (χ1) is 10.1. The Morgan fingerprint density at radius 2 is 1.76 bits per heavy atom. The molecule has 6 heteroatoms. The summed E-state index contributed by atoms with van der Waals surface area (Å²) in [5.74, 6) is -1.28. The van der Waals surface area contributed by atoms with Crippen LogP contribution < -0.4 is 0 Å². The largest absolute Gasteiger partial charge is 0.478 e. The Morgan fingerprint density at radius 1 is 1.10 bits per heavy atom. The van der Waals surface area contributed by atoms with Crippen molar-refractivity contribution in [2.24, 2.45) is 0 Å². The van der Waals surface area contributed by atoms with Gasteiger partial charge in [-0.25, -0.2) is 13.3 Å². The van der Waals surface area contributed by atoms with Crippen LogP contribution in [0.25, 0.3) is 0 Å². The third-order valence-corrected chi connectivity index (χ3v) is 4.69. The number of carbonyl (C=O) groups excluding carboxylic acids is 1. The number of amides is 1. The molecule has 21 heavy (non-hydrogen) atoms. The molecule has 5 nitrogen and oxygen atoms in total. The zero-order chi connectivity index (χ0) is 15.0. The SMILES string of the molecule is O=C(O)c1ccc(CN2C(=O)c3ccccc3S2=O)cc1. The first-order valence-electron chi connectivity index (χ1n) is 6.23. The van der Waals surface area contributed by atoms with E-state index in [1.807, 2.05) is 0 Å². The van der Waals surface area contributed by atoms with Gasteiger partial charge >= 0.3 is 5.97 Å². The van der Waals surface area contributed by atoms with E-state index in [0.717, 1.165) is 5.56 Å². The van der Waals surface area contributed by atoms with E-state index >= 15 is 0 Å². The Hall–Kier alpha value is -2.47. The number of carboxylic acid groups (broad SMARTS) is 1. The maximum atomic E-state index is 12.3. The first-order valence-corrected chi connectivity index (χ1v) is 7.33. The summed E-state index contributed by atoms with van der Waals surface area (Å²) >= 11 is 0. The molecule has 0 saturated carbocycles. The molecule has 0 saturated heterocycles. The minimum atomic E-state index is -1.51. The van der Waals surface area contributed by atoms with Crippen molar-refractivity contribution in [3.05, 3.63) is 65.2 Å². The number of benzene rings is 2. The summed E-state index contributed by atoms with van der Waals surface area (Å²) in [5, 5.41) is 8.85. The minimum Gasteiger partial charge on any atom is -0.478 e. The number of aromatic carboxylic acids is 1. The Bertz CT molecular complexity index is 720. The van der Waals surface area contributed by atoms with Gasteiger partial charge in [0.1, 0.15) is 0 Å². The topological polar surface area (TPSA) is 74.7 Å². The second kappa shape index (κ2) is 5.14. The first kappa shape index (κ1) is 13.5. The fourth-order valence-corrected chi connectivity index (χ4v) is 3.46. The molecule has 0 spiro atoms. The highest BCUT2D eigenvalue weighted by Gasteiger charge is 2.34. The van der Waals surface area contributed by atoms with Gasteiger partial charge in [-0.2, -0.15) is 0 Å². The van der Waals surface area contributed by atoms with E-state index in [1.54, 1.807) is 36.4 Å². The second-order valence-corrected chi connectivity index (χ2v) is 5.97. The molecule has 1 amide bonds. The number of fused-ring (bicyclic) bond motifs is 1. The van der Waals surface area contributed by atoms with Crippen molar-refractivity contribution in [1.82, 2.24) is 4.31 Å². The van der Waals surface area contributed by atoms with Crippen molar-refractivity contribution in [3.63, 3.8) is 0 Å². The quantitative estimate of drug-likeness (QED) is 0.941. The summed E-state index contributed by atoms with van der Waals surface area (Å²) in [4.78, 5) is 23.5. The Balaban J connectivity index is 1.85. The van der Waals surface area contributed by atoms with Gasteiger partial charge in [0.05, 0.1) is 22.6 Å². The van der Waals surface area contributed by atoms with Crippen molar-refractivity contribution in [2.45, 2.75) is 11.4 Å². The molecule has 2 aromatic rings. The third kappa shape index (κ3) is 2.34. The van der Waals surface area contributed by atoms with Crippen molar-refractivity contribution in [1.29, 1.82) is 0 Å². The highest BCUT2D eigenvalue weighted by molar-refractivity contribution is 7.83. The van der Waals surface area contributed by atoms with E-state index < -0.39 is 17.0 Å². The molecule has 1 aliphatic heterocycles. The number of hydrogen-bond acceptors (Lipinski definition) is 3. The molecule has 1 unspecified atom stereocenters. The van der Waals surface area contributed by atoms with Gasteiger partial charge in [0.2, 0.25) is 0 Å². The summed E-state index contributed by atoms with van der Waals surface area (Å²) in [5.41, 5.74) is 1.36. The standard InChI is InChI=1S/C15H11NO4S/c17-14-12-3-1-2-4-13(12)21(20)16(14)9-10-5-7-11(8-6-10)15(18)19/h1-8H,9H2,(H,18,19). The number of rotatable bonds is 3. The van der Waals surface area contributed by atoms with Gasteiger partial charge in [0, 0.05) is 0 Å². The highest BCUT2D eigenvalue weighted by Crippen LogP contribution is 2.28. The molecule has 106 valence electrons. The Morgan fingerprint density at radius 3 is 2.38 bits per heavy atom. The van der Waals surface area contributed by atoms with E-state index in [9.17, 15) is 13.8 Å². The average Bonchev–Trinajstić information content (AvgIpc) is 2.73. The molecule has 0 bridgehead atoms. The molecule has 1 aliphatic rings. The lowest BCUT2D eigenvalue weighted by Gasteiger charge is -2.14. The van der Waals surface area contributed by atoms with Crippen LogP contribution in [-0.2, 0) is 17.5 Å². The van der Waals surface area contributed by atoms with Gasteiger partial charge in [-0.1, -0.05) is 24.3 Å². The van der Waals surface area contributed by atoms with Gasteiger partial charge < -0.3 is 5.11 Å². The molecule has 0 fully saturated rings. The molecular formula is C15H11NO4S. The predicted molar refractivity (Wildman–Crippen MR) is 76.1 cm³/mol. The van der Waals surface area contributed by atoms with E-state index in [0.29, 0.717) is 10.5 Å². The molecule has 1 atom stereocenters. The van der Waals surface area contributed by atoms with E-state index in [1.165, 1.54) is 16.4 Å². The smallest absolute Gasteiger partial charge is 0.335 e. The van der Waals surface area contributed by atoms with Gasteiger partial charge in [-0.05, 0) is 29.8 Å². The van der Waals surface area contributed by atoms with Crippen LogP contribution in [-0.4, -0.2) is 25.5 Å². The zero-order valence-electron chi connectivity index (χ0n) is 10.9. The minimum absolute atomic E-state index is 0.177. The Labute approximate surface area is 123 Å². The number of carboxylic acids is 1. The van der Waals surface area contributed by atoms with Crippen molar-refractivity contribution in [2.75, 3.05) is 0 Å². The van der Waals surface area contributed by atoms with Crippen LogP contribution in [0.3, 0.4) is 0 Å². The highest BCUT2D eigenvalue weighted by atomic mass is 32.2. The summed E-state index contributed by atoms with van der Waals surface area (Å²) in [6.45, 7) is 0.181. The Kier molecular flexibility index (Phi) is 3.31. The third-order valence-electron chi connectivity index (χ3n) is 3.26. The lowest BCUT2D eigenvalue weighted by atomic mass is 10.1. The van der Waals surface area contributed by atoms with Crippen LogP contribution in [0, 0.1) is 0 Å². The summed E-state index contributed by atoms with van der Waals surface area (Å²) < 4.78 is 13.6. The van der Waals surface area contributed by atoms with Gasteiger partial charge in [-0.15, -0.1) is 0 Å². The fourth-order valence-electron chi connectivity index (χ4n) is 2.17. The maximum absolute atomic E-state index is 12.3. The fraction of sp³-hybridized carbons (Fsp3) is 0.0667. The molecular weight excluding hydrogens is 290 g/mol. The van der Waals surface area contributed by atoms with Crippen LogP contribution in [0.15, 0.2) is 53.4 Å². The average molecular weight is 301 g/mol. The molecule has 1 heterocycles. The summed E-state index contributed by atoms with van der Waals surface area (Å²) in [6.07, 6.45) is 0. The monoisotopic (exact) mass is 301 g/mol. The summed E-state index contributed by atoms with van der Waals surface area (Å²) in [7, 11) is -1.51. The second-order valence-electron chi connectivity index (χ2n) is 4.59. The lowest BCUT2D eigenvalue weighted by Crippen LogP contribution is -2.25. The van der Waals surface area contributed by atoms with Crippen LogP contribution in [0.1, 0.15) is 26.3 Å². The van der Waals surface area contributed by atoms with Gasteiger partial charge in [-0.3, -0.25) is 4.79 Å². The van der Waals surface area contributed by atoms with Crippen LogP contribution in [0.2, 0.25) is 0 Å². The normalized spacial score (nSPS) is 16.9. The number of carbonyl (C=O) groups is 2. The lowest BCUT2D eigenvalue weighted by molar-refractivity contribution is 0.0696. The van der Waals surface area contributed by atoms with Crippen LogP contribution in [0.5, 0.6) is 0 Å². The van der Waals surface area contributed by atoms with Crippen molar-refractivity contribution < 1.29 is 18.9 Å². The van der Waals surface area contributed by atoms with Crippen molar-refractivity contribution in [3.8, 4) is 0 Å². The van der Waals surface area contributed by atoms with Crippen LogP contribution >= 0.6 is 0 Å². The predicted octanol–water partition coefficient (Wildman–Crippen LogP) is 2.06. The van der Waals surface area contributed by atoms with Crippen molar-refractivity contribution >= 4 is 22.9 Å². The maximum Gasteiger partial charge on any atom is 0.335 e. The number of nitrogens with zero attached hydrogens (tertiary/aromatic N) is 1. The molecule has 0 aromatic heterocycles. The van der Waals surface area contributed by atoms with Crippen LogP contribution in [0.4, 0.5) is 0 Å². The van der Waals surface area contributed by atoms with E-state index in [2.05, 4.69) is 0 Å². The van der Waals surface area contributed by atoms with E-state index in [4.69, 9.17) is 5.11 Å². The molecule has 1 N–H and O–H groups in total. The van der Waals surface area contributed by atoms with E-state index in [-0.39, 0.29) is 18.0 Å². The molecule has 3 rings (SSSR count). The number of hydrogen-bond donors (Lipinski definition) is 1. The molecule has 0 radical (unpaired) electrons.